The molecule has 3 nitrogen and oxygen atoms in total. The largest absolute Gasteiger partial charge is 0.384 e. The van der Waals surface area contributed by atoms with Crippen molar-refractivity contribution in [3.63, 3.8) is 0 Å². The fourth-order valence-electron chi connectivity index (χ4n) is 1.30. The molecular weight excluding hydrogens is 212 g/mol. The standard InChI is InChI=1S/C11H17ClN2O/c1-8-4-10(11(12)14-5-8)13-6-9(2)7-15-3/h4-5,9,13H,6-7H2,1-3H3. The van der Waals surface area contributed by atoms with Crippen LogP contribution in [0.1, 0.15) is 12.5 Å². The van der Waals surface area contributed by atoms with Crippen LogP contribution in [0, 0.1) is 12.8 Å². The van der Waals surface area contributed by atoms with Gasteiger partial charge in [-0.05, 0) is 24.5 Å². The number of rotatable bonds is 5. The number of hydrogen-bond donors (Lipinski definition) is 1. The van der Waals surface area contributed by atoms with Crippen molar-refractivity contribution in [2.75, 3.05) is 25.6 Å². The lowest BCUT2D eigenvalue weighted by molar-refractivity contribution is 0.164. The first-order valence-electron chi connectivity index (χ1n) is 4.98. The van der Waals surface area contributed by atoms with Crippen molar-refractivity contribution in [1.29, 1.82) is 0 Å². The van der Waals surface area contributed by atoms with Crippen LogP contribution in [-0.4, -0.2) is 25.2 Å². The Bertz CT molecular complexity index is 317. The maximum Gasteiger partial charge on any atom is 0.152 e. The molecule has 0 bridgehead atoms. The Hall–Kier alpha value is -0.800. The van der Waals surface area contributed by atoms with Crippen molar-refractivity contribution < 1.29 is 4.74 Å². The van der Waals surface area contributed by atoms with Crippen molar-refractivity contribution in [3.8, 4) is 0 Å². The van der Waals surface area contributed by atoms with Gasteiger partial charge in [-0.1, -0.05) is 18.5 Å². The summed E-state index contributed by atoms with van der Waals surface area (Å²) >= 11 is 5.95. The van der Waals surface area contributed by atoms with E-state index in [2.05, 4.69) is 17.2 Å². The van der Waals surface area contributed by atoms with E-state index in [1.807, 2.05) is 13.0 Å². The molecule has 15 heavy (non-hydrogen) atoms. The second-order valence-electron chi connectivity index (χ2n) is 3.79. The summed E-state index contributed by atoms with van der Waals surface area (Å²) < 4.78 is 5.06. The van der Waals surface area contributed by atoms with Gasteiger partial charge in [-0.3, -0.25) is 0 Å². The fourth-order valence-corrected chi connectivity index (χ4v) is 1.47. The molecule has 0 radical (unpaired) electrons. The molecule has 1 heterocycles. The number of hydrogen-bond acceptors (Lipinski definition) is 3. The summed E-state index contributed by atoms with van der Waals surface area (Å²) in [6.45, 7) is 5.68. The summed E-state index contributed by atoms with van der Waals surface area (Å²) in [5, 5.41) is 3.78. The highest BCUT2D eigenvalue weighted by Crippen LogP contribution is 2.19. The zero-order valence-electron chi connectivity index (χ0n) is 9.38. The van der Waals surface area contributed by atoms with Gasteiger partial charge in [-0.15, -0.1) is 0 Å². The number of nitrogens with zero attached hydrogens (tertiary/aromatic N) is 1. The van der Waals surface area contributed by atoms with Gasteiger partial charge < -0.3 is 10.1 Å². The second kappa shape index (κ2) is 5.93. The first-order valence-corrected chi connectivity index (χ1v) is 5.36. The average molecular weight is 229 g/mol. The minimum absolute atomic E-state index is 0.451. The van der Waals surface area contributed by atoms with E-state index in [4.69, 9.17) is 16.3 Å². The Morgan fingerprint density at radius 1 is 1.60 bits per heavy atom. The molecule has 1 N–H and O–H groups in total. The van der Waals surface area contributed by atoms with Gasteiger partial charge in [0.1, 0.15) is 0 Å². The normalized spacial score (nSPS) is 12.5. The van der Waals surface area contributed by atoms with E-state index >= 15 is 0 Å². The molecule has 4 heteroatoms. The number of ether oxygens (including phenoxy) is 1. The van der Waals surface area contributed by atoms with Crippen LogP contribution >= 0.6 is 11.6 Å². The molecule has 1 rings (SSSR count). The molecule has 0 spiro atoms. The van der Waals surface area contributed by atoms with Crippen LogP contribution in [0.2, 0.25) is 5.15 Å². The fraction of sp³-hybridized carbons (Fsp3) is 0.545. The number of pyridine rings is 1. The molecular formula is C11H17ClN2O. The third-order valence-corrected chi connectivity index (χ3v) is 2.37. The van der Waals surface area contributed by atoms with Crippen molar-refractivity contribution >= 4 is 17.3 Å². The van der Waals surface area contributed by atoms with Crippen molar-refractivity contribution in [3.05, 3.63) is 23.0 Å². The Kier molecular flexibility index (Phi) is 4.85. The number of nitrogens with one attached hydrogen (secondary N) is 1. The summed E-state index contributed by atoms with van der Waals surface area (Å²) in [6, 6.07) is 1.99. The van der Waals surface area contributed by atoms with Gasteiger partial charge >= 0.3 is 0 Å². The number of aromatic nitrogens is 1. The molecule has 0 amide bonds. The van der Waals surface area contributed by atoms with Crippen LogP contribution in [0.5, 0.6) is 0 Å². The monoisotopic (exact) mass is 228 g/mol. The molecule has 1 aromatic heterocycles. The predicted molar refractivity (Wildman–Crippen MR) is 63.5 cm³/mol. The van der Waals surface area contributed by atoms with E-state index < -0.39 is 0 Å². The topological polar surface area (TPSA) is 34.1 Å². The van der Waals surface area contributed by atoms with Crippen molar-refractivity contribution in [2.24, 2.45) is 5.92 Å². The number of halogens is 1. The van der Waals surface area contributed by atoms with Gasteiger partial charge in [-0.25, -0.2) is 4.98 Å². The predicted octanol–water partition coefficient (Wildman–Crippen LogP) is 2.74. The van der Waals surface area contributed by atoms with Crippen LogP contribution < -0.4 is 5.32 Å². The molecule has 1 atom stereocenters. The molecule has 0 aliphatic heterocycles. The molecule has 84 valence electrons. The molecule has 0 aliphatic rings. The van der Waals surface area contributed by atoms with Crippen LogP contribution in [0.15, 0.2) is 12.3 Å². The van der Waals surface area contributed by atoms with Crippen molar-refractivity contribution in [2.45, 2.75) is 13.8 Å². The molecule has 0 fully saturated rings. The Labute approximate surface area is 95.8 Å². The average Bonchev–Trinajstić information content (AvgIpc) is 2.20. The summed E-state index contributed by atoms with van der Waals surface area (Å²) in [7, 11) is 1.71. The smallest absolute Gasteiger partial charge is 0.152 e. The molecule has 0 saturated heterocycles. The first-order chi connectivity index (χ1) is 7.13. The lowest BCUT2D eigenvalue weighted by atomic mass is 10.2. The second-order valence-corrected chi connectivity index (χ2v) is 4.15. The molecule has 0 saturated carbocycles. The minimum atomic E-state index is 0.451. The lowest BCUT2D eigenvalue weighted by Gasteiger charge is -2.13. The van der Waals surface area contributed by atoms with E-state index in [1.165, 1.54) is 0 Å². The van der Waals surface area contributed by atoms with Crippen LogP contribution in [0.4, 0.5) is 5.69 Å². The van der Waals surface area contributed by atoms with E-state index in [0.29, 0.717) is 11.1 Å². The summed E-state index contributed by atoms with van der Waals surface area (Å²) in [5.41, 5.74) is 1.99. The highest BCUT2D eigenvalue weighted by molar-refractivity contribution is 6.31. The van der Waals surface area contributed by atoms with Crippen LogP contribution in [-0.2, 0) is 4.74 Å². The Balaban J connectivity index is 2.53. The van der Waals surface area contributed by atoms with E-state index in [9.17, 15) is 0 Å². The van der Waals surface area contributed by atoms with Gasteiger partial charge in [0.15, 0.2) is 5.15 Å². The van der Waals surface area contributed by atoms with Gasteiger partial charge in [0.25, 0.3) is 0 Å². The van der Waals surface area contributed by atoms with E-state index in [-0.39, 0.29) is 0 Å². The summed E-state index contributed by atoms with van der Waals surface area (Å²) in [5.74, 6) is 0.451. The molecule has 0 aromatic carbocycles. The highest BCUT2D eigenvalue weighted by Gasteiger charge is 2.04. The van der Waals surface area contributed by atoms with E-state index in [0.717, 1.165) is 24.4 Å². The molecule has 1 unspecified atom stereocenters. The van der Waals surface area contributed by atoms with Crippen LogP contribution in [0.3, 0.4) is 0 Å². The molecule has 0 aliphatic carbocycles. The SMILES string of the molecule is COCC(C)CNc1cc(C)cnc1Cl. The zero-order valence-corrected chi connectivity index (χ0v) is 10.1. The number of aryl methyl sites for hydroxylation is 1. The highest BCUT2D eigenvalue weighted by atomic mass is 35.5. The lowest BCUT2D eigenvalue weighted by Crippen LogP contribution is -2.16. The van der Waals surface area contributed by atoms with Gasteiger partial charge in [0, 0.05) is 19.9 Å². The zero-order chi connectivity index (χ0) is 11.3. The first kappa shape index (κ1) is 12.3. The summed E-state index contributed by atoms with van der Waals surface area (Å²) in [6.07, 6.45) is 1.76. The van der Waals surface area contributed by atoms with Crippen molar-refractivity contribution in [1.82, 2.24) is 4.98 Å². The minimum Gasteiger partial charge on any atom is -0.384 e. The number of methoxy groups -OCH3 is 1. The third-order valence-electron chi connectivity index (χ3n) is 2.07. The Morgan fingerprint density at radius 3 is 3.00 bits per heavy atom. The molecule has 1 aromatic rings. The van der Waals surface area contributed by atoms with Gasteiger partial charge in [0.2, 0.25) is 0 Å². The Morgan fingerprint density at radius 2 is 2.33 bits per heavy atom. The van der Waals surface area contributed by atoms with Gasteiger partial charge in [0.05, 0.1) is 12.3 Å². The van der Waals surface area contributed by atoms with Gasteiger partial charge in [-0.2, -0.15) is 0 Å². The van der Waals surface area contributed by atoms with Crippen LogP contribution in [0.25, 0.3) is 0 Å². The third kappa shape index (κ3) is 4.06. The van der Waals surface area contributed by atoms with E-state index in [1.54, 1.807) is 13.3 Å². The maximum absolute atomic E-state index is 5.95. The number of anilines is 1. The summed E-state index contributed by atoms with van der Waals surface area (Å²) in [4.78, 5) is 4.07. The maximum atomic E-state index is 5.95. The quantitative estimate of drug-likeness (QED) is 0.787.